The van der Waals surface area contributed by atoms with Crippen molar-refractivity contribution in [1.29, 1.82) is 0 Å². The number of H-pyrrole nitrogens is 1. The van der Waals surface area contributed by atoms with Crippen molar-refractivity contribution in [3.05, 3.63) is 70.1 Å². The Hall–Kier alpha value is -2.40. The molecule has 2 heterocycles. The zero-order valence-electron chi connectivity index (χ0n) is 12.9. The van der Waals surface area contributed by atoms with E-state index in [1.54, 1.807) is 6.07 Å². The molecule has 2 aromatic rings. The van der Waals surface area contributed by atoms with Crippen LogP contribution in [0.3, 0.4) is 0 Å². The third-order valence-corrected chi connectivity index (χ3v) is 4.09. The lowest BCUT2D eigenvalue weighted by Gasteiger charge is -2.32. The quantitative estimate of drug-likeness (QED) is 0.941. The number of aromatic nitrogens is 1. The lowest BCUT2D eigenvalue weighted by atomic mass is 10.1. The van der Waals surface area contributed by atoms with E-state index in [-0.39, 0.29) is 17.6 Å². The van der Waals surface area contributed by atoms with Gasteiger partial charge in [-0.25, -0.2) is 0 Å². The third kappa shape index (κ3) is 4.07. The van der Waals surface area contributed by atoms with Crippen LogP contribution in [0.15, 0.2) is 53.5 Å². The molecular weight excluding hydrogens is 292 g/mol. The van der Waals surface area contributed by atoms with Crippen LogP contribution < -0.4 is 5.56 Å². The number of hydrogen-bond acceptors (Lipinski definition) is 3. The minimum atomic E-state index is -0.199. The number of nitrogens with one attached hydrogen (secondary N) is 1. The second-order valence-corrected chi connectivity index (χ2v) is 5.73. The van der Waals surface area contributed by atoms with Gasteiger partial charge in [0.25, 0.3) is 5.91 Å². The number of carbonyl (C=O) groups is 1. The van der Waals surface area contributed by atoms with Gasteiger partial charge in [0.15, 0.2) is 0 Å². The predicted octanol–water partition coefficient (Wildman–Crippen LogP) is 2.20. The van der Waals surface area contributed by atoms with E-state index in [4.69, 9.17) is 4.74 Å². The zero-order chi connectivity index (χ0) is 16.1. The molecule has 0 saturated carbocycles. The van der Waals surface area contributed by atoms with E-state index in [1.807, 2.05) is 23.1 Å². The first-order chi connectivity index (χ1) is 11.2. The Morgan fingerprint density at radius 2 is 1.87 bits per heavy atom. The van der Waals surface area contributed by atoms with E-state index in [9.17, 15) is 9.59 Å². The van der Waals surface area contributed by atoms with Crippen molar-refractivity contribution in [3.63, 3.8) is 0 Å². The number of carbonyl (C=O) groups excluding carboxylic acids is 1. The summed E-state index contributed by atoms with van der Waals surface area (Å²) in [4.78, 5) is 27.8. The number of benzene rings is 1. The number of piperidine rings is 1. The molecule has 5 nitrogen and oxygen atoms in total. The number of amides is 1. The van der Waals surface area contributed by atoms with Gasteiger partial charge in [0.05, 0.1) is 18.3 Å². The van der Waals surface area contributed by atoms with E-state index >= 15 is 0 Å². The first-order valence-corrected chi connectivity index (χ1v) is 7.86. The van der Waals surface area contributed by atoms with E-state index in [0.29, 0.717) is 25.3 Å². The van der Waals surface area contributed by atoms with Gasteiger partial charge in [-0.15, -0.1) is 0 Å². The largest absolute Gasteiger partial charge is 0.373 e. The Labute approximate surface area is 134 Å². The van der Waals surface area contributed by atoms with Crippen LogP contribution in [-0.2, 0) is 11.3 Å². The standard InChI is InChI=1S/C18H20N2O3/c21-17-7-6-15(12-19-17)18(22)20-10-8-16(9-11-20)23-13-14-4-2-1-3-5-14/h1-7,12,16H,8-11,13H2,(H,19,21). The second kappa shape index (κ2) is 7.24. The number of likely N-dealkylation sites (tertiary alicyclic amines) is 1. The van der Waals surface area contributed by atoms with Gasteiger partial charge in [-0.2, -0.15) is 0 Å². The Balaban J connectivity index is 1.49. The van der Waals surface area contributed by atoms with Crippen molar-refractivity contribution in [2.75, 3.05) is 13.1 Å². The summed E-state index contributed by atoms with van der Waals surface area (Å²) in [5.74, 6) is -0.0391. The van der Waals surface area contributed by atoms with Crippen molar-refractivity contribution in [2.45, 2.75) is 25.6 Å². The molecule has 0 radical (unpaired) electrons. The average Bonchev–Trinajstić information content (AvgIpc) is 2.61. The molecule has 1 amide bonds. The molecule has 1 aromatic carbocycles. The molecule has 1 fully saturated rings. The molecular formula is C18H20N2O3. The zero-order valence-corrected chi connectivity index (χ0v) is 12.9. The monoisotopic (exact) mass is 312 g/mol. The van der Waals surface area contributed by atoms with Crippen molar-refractivity contribution >= 4 is 5.91 Å². The van der Waals surface area contributed by atoms with Crippen molar-refractivity contribution in [1.82, 2.24) is 9.88 Å². The maximum Gasteiger partial charge on any atom is 0.255 e. The molecule has 1 aromatic heterocycles. The summed E-state index contributed by atoms with van der Waals surface area (Å²) < 4.78 is 5.93. The smallest absolute Gasteiger partial charge is 0.255 e. The highest BCUT2D eigenvalue weighted by Gasteiger charge is 2.24. The van der Waals surface area contributed by atoms with E-state index in [2.05, 4.69) is 17.1 Å². The average molecular weight is 312 g/mol. The summed E-state index contributed by atoms with van der Waals surface area (Å²) >= 11 is 0. The summed E-state index contributed by atoms with van der Waals surface area (Å²) in [5, 5.41) is 0. The number of aromatic amines is 1. The highest BCUT2D eigenvalue weighted by molar-refractivity contribution is 5.93. The summed E-state index contributed by atoms with van der Waals surface area (Å²) in [6.07, 6.45) is 3.34. The van der Waals surface area contributed by atoms with Crippen LogP contribution in [0.25, 0.3) is 0 Å². The Bertz CT molecular complexity index is 683. The van der Waals surface area contributed by atoms with Crippen molar-refractivity contribution < 1.29 is 9.53 Å². The van der Waals surface area contributed by atoms with Crippen LogP contribution in [-0.4, -0.2) is 35.0 Å². The highest BCUT2D eigenvalue weighted by atomic mass is 16.5. The number of hydrogen-bond donors (Lipinski definition) is 1. The predicted molar refractivity (Wildman–Crippen MR) is 87.2 cm³/mol. The van der Waals surface area contributed by atoms with E-state index < -0.39 is 0 Å². The third-order valence-electron chi connectivity index (χ3n) is 4.09. The first-order valence-electron chi connectivity index (χ1n) is 7.86. The molecule has 5 heteroatoms. The molecule has 0 unspecified atom stereocenters. The SMILES string of the molecule is O=C(c1ccc(=O)[nH]c1)N1CCC(OCc2ccccc2)CC1. The molecule has 0 spiro atoms. The van der Waals surface area contributed by atoms with Gasteiger partial charge in [0.1, 0.15) is 0 Å². The van der Waals surface area contributed by atoms with Crippen molar-refractivity contribution in [2.24, 2.45) is 0 Å². The molecule has 23 heavy (non-hydrogen) atoms. The van der Waals surface area contributed by atoms with Crippen LogP contribution in [0.1, 0.15) is 28.8 Å². The normalized spacial score (nSPS) is 15.6. The fraction of sp³-hybridized carbons (Fsp3) is 0.333. The number of ether oxygens (including phenoxy) is 1. The fourth-order valence-electron chi connectivity index (χ4n) is 2.74. The Kier molecular flexibility index (Phi) is 4.88. The second-order valence-electron chi connectivity index (χ2n) is 5.73. The van der Waals surface area contributed by atoms with Gasteiger partial charge in [0.2, 0.25) is 5.56 Å². The van der Waals surface area contributed by atoms with Gasteiger partial charge < -0.3 is 14.6 Å². The lowest BCUT2D eigenvalue weighted by Crippen LogP contribution is -2.41. The minimum Gasteiger partial charge on any atom is -0.373 e. The molecule has 3 rings (SSSR count). The van der Waals surface area contributed by atoms with Gasteiger partial charge in [-0.1, -0.05) is 30.3 Å². The Morgan fingerprint density at radius 3 is 2.52 bits per heavy atom. The number of rotatable bonds is 4. The molecule has 0 atom stereocenters. The summed E-state index contributed by atoms with van der Waals surface area (Å²) in [5.41, 5.74) is 1.49. The van der Waals surface area contributed by atoms with Crippen LogP contribution >= 0.6 is 0 Å². The van der Waals surface area contributed by atoms with Crippen LogP contribution in [0.2, 0.25) is 0 Å². The summed E-state index contributed by atoms with van der Waals surface area (Å²) in [6, 6.07) is 13.0. The topological polar surface area (TPSA) is 62.4 Å². The molecule has 1 aliphatic heterocycles. The van der Waals surface area contributed by atoms with E-state index in [0.717, 1.165) is 12.8 Å². The lowest BCUT2D eigenvalue weighted by molar-refractivity contribution is -0.000388. The minimum absolute atomic E-state index is 0.0391. The fourth-order valence-corrected chi connectivity index (χ4v) is 2.74. The first kappa shape index (κ1) is 15.5. The van der Waals surface area contributed by atoms with Gasteiger partial charge in [-0.05, 0) is 24.5 Å². The molecule has 1 saturated heterocycles. The van der Waals surface area contributed by atoms with Crippen LogP contribution in [0.5, 0.6) is 0 Å². The molecule has 120 valence electrons. The molecule has 1 aliphatic rings. The highest BCUT2D eigenvalue weighted by Crippen LogP contribution is 2.17. The van der Waals surface area contributed by atoms with Gasteiger partial charge in [-0.3, -0.25) is 9.59 Å². The molecule has 1 N–H and O–H groups in total. The summed E-state index contributed by atoms with van der Waals surface area (Å²) in [6.45, 7) is 1.97. The molecule has 0 bridgehead atoms. The van der Waals surface area contributed by atoms with E-state index in [1.165, 1.54) is 17.8 Å². The summed E-state index contributed by atoms with van der Waals surface area (Å²) in [7, 11) is 0. The van der Waals surface area contributed by atoms with Crippen LogP contribution in [0.4, 0.5) is 0 Å². The van der Waals surface area contributed by atoms with Crippen LogP contribution in [0, 0.1) is 0 Å². The number of nitrogens with zero attached hydrogens (tertiary/aromatic N) is 1. The van der Waals surface area contributed by atoms with Gasteiger partial charge in [0, 0.05) is 25.4 Å². The number of pyridine rings is 1. The maximum absolute atomic E-state index is 12.4. The maximum atomic E-state index is 12.4. The Morgan fingerprint density at radius 1 is 1.13 bits per heavy atom. The van der Waals surface area contributed by atoms with Crippen molar-refractivity contribution in [3.8, 4) is 0 Å². The molecule has 0 aliphatic carbocycles. The van der Waals surface area contributed by atoms with Gasteiger partial charge >= 0.3 is 0 Å².